The van der Waals surface area contributed by atoms with Crippen molar-refractivity contribution >= 4 is 11.4 Å². The Balaban J connectivity index is 0.00000167. The lowest BCUT2D eigenvalue weighted by molar-refractivity contribution is -0.119. The number of benzene rings is 1. The molecule has 0 aliphatic carbocycles. The van der Waals surface area contributed by atoms with Gasteiger partial charge in [-0.2, -0.15) is 0 Å². The molecule has 6 nitrogen and oxygen atoms in total. The zero-order chi connectivity index (χ0) is 25.5. The van der Waals surface area contributed by atoms with Crippen LogP contribution in [0.5, 0.6) is 0 Å². The van der Waals surface area contributed by atoms with Crippen molar-refractivity contribution in [2.45, 2.75) is 54.0 Å². The van der Waals surface area contributed by atoms with Crippen molar-refractivity contribution in [2.24, 2.45) is 5.92 Å². The highest BCUT2D eigenvalue weighted by molar-refractivity contribution is 5.82. The van der Waals surface area contributed by atoms with Crippen molar-refractivity contribution < 1.29 is 4.79 Å². The van der Waals surface area contributed by atoms with Gasteiger partial charge in [0, 0.05) is 30.9 Å². The maximum Gasteiger partial charge on any atom is 0.140 e. The topological polar surface area (TPSA) is 63.4 Å². The summed E-state index contributed by atoms with van der Waals surface area (Å²) in [6.07, 6.45) is 4.57. The summed E-state index contributed by atoms with van der Waals surface area (Å²) >= 11 is 0. The first-order valence-electron chi connectivity index (χ1n) is 12.4. The Morgan fingerprint density at radius 2 is 1.74 bits per heavy atom. The lowest BCUT2D eigenvalue weighted by Crippen LogP contribution is -2.11. The highest BCUT2D eigenvalue weighted by atomic mass is 16.1. The number of imidazole rings is 1. The molecule has 0 aliphatic rings. The molecule has 0 spiro atoms. The number of ketones is 1. The number of carbonyl (C=O) groups is 1. The lowest BCUT2D eigenvalue weighted by Gasteiger charge is -2.10. The molecule has 4 aromatic rings. The number of rotatable bonds is 8. The summed E-state index contributed by atoms with van der Waals surface area (Å²) in [6, 6.07) is 14.5. The van der Waals surface area contributed by atoms with Crippen LogP contribution in [0.1, 0.15) is 51.1 Å². The van der Waals surface area contributed by atoms with Gasteiger partial charge in [-0.3, -0.25) is 9.20 Å². The molecule has 3 aromatic heterocycles. The second-order valence-corrected chi connectivity index (χ2v) is 9.35. The molecule has 0 N–H and O–H groups in total. The maximum absolute atomic E-state index is 12.4. The number of hydrogen-bond donors (Lipinski definition) is 0. The molecule has 35 heavy (non-hydrogen) atoms. The number of aryl methyl sites for hydroxylation is 1. The average Bonchev–Trinajstić information content (AvgIpc) is 3.19. The van der Waals surface area contributed by atoms with Crippen LogP contribution in [0.4, 0.5) is 0 Å². The third-order valence-corrected chi connectivity index (χ3v) is 5.45. The smallest absolute Gasteiger partial charge is 0.140 e. The minimum atomic E-state index is 0.160. The molecule has 1 aromatic carbocycles. The Kier molecular flexibility index (Phi) is 8.88. The Morgan fingerprint density at radius 1 is 1.03 bits per heavy atom. The summed E-state index contributed by atoms with van der Waals surface area (Å²) in [6.45, 7) is 11.0. The van der Waals surface area contributed by atoms with Gasteiger partial charge in [0.15, 0.2) is 0 Å². The number of pyridine rings is 1. The van der Waals surface area contributed by atoms with Crippen molar-refractivity contribution in [3.8, 4) is 22.6 Å². The van der Waals surface area contributed by atoms with Gasteiger partial charge in [0.05, 0.1) is 23.5 Å². The fourth-order valence-corrected chi connectivity index (χ4v) is 4.03. The molecule has 0 aliphatic heterocycles. The third-order valence-electron chi connectivity index (χ3n) is 5.45. The van der Waals surface area contributed by atoms with Crippen molar-refractivity contribution in [1.29, 1.82) is 0 Å². The first kappa shape index (κ1) is 26.2. The van der Waals surface area contributed by atoms with Gasteiger partial charge in [-0.05, 0) is 50.7 Å². The summed E-state index contributed by atoms with van der Waals surface area (Å²) in [5.74, 6) is 1.03. The minimum absolute atomic E-state index is 0.160. The van der Waals surface area contributed by atoms with Crippen molar-refractivity contribution in [2.75, 3.05) is 14.1 Å². The van der Waals surface area contributed by atoms with Gasteiger partial charge < -0.3 is 4.90 Å². The molecule has 0 fully saturated rings. The molecule has 0 amide bonds. The second kappa shape index (κ2) is 11.8. The molecule has 4 rings (SSSR count). The van der Waals surface area contributed by atoms with Gasteiger partial charge in [-0.15, -0.1) is 0 Å². The monoisotopic (exact) mass is 471 g/mol. The van der Waals surface area contributed by atoms with E-state index in [1.807, 2.05) is 33.8 Å². The number of carbonyl (C=O) groups excluding carboxylic acids is 1. The van der Waals surface area contributed by atoms with Gasteiger partial charge in [0.25, 0.3) is 0 Å². The molecule has 3 heterocycles. The second-order valence-electron chi connectivity index (χ2n) is 9.35. The lowest BCUT2D eigenvalue weighted by atomic mass is 10.0. The molecule has 184 valence electrons. The van der Waals surface area contributed by atoms with Crippen LogP contribution in [0.15, 0.2) is 54.9 Å². The van der Waals surface area contributed by atoms with Crippen LogP contribution in [0.25, 0.3) is 28.3 Å². The molecular weight excluding hydrogens is 434 g/mol. The molecular formula is C29H37N5O. The Bertz CT molecular complexity index is 1270. The first-order valence-corrected chi connectivity index (χ1v) is 12.4. The number of Topliss-reactive ketones (excluding diaryl/α,β-unsaturated/α-hetero) is 1. The zero-order valence-corrected chi connectivity index (χ0v) is 22.0. The summed E-state index contributed by atoms with van der Waals surface area (Å²) in [5.41, 5.74) is 6.84. The summed E-state index contributed by atoms with van der Waals surface area (Å²) < 4.78 is 2.08. The van der Waals surface area contributed by atoms with Gasteiger partial charge in [0.2, 0.25) is 0 Å². The van der Waals surface area contributed by atoms with E-state index in [-0.39, 0.29) is 12.2 Å². The van der Waals surface area contributed by atoms with E-state index < -0.39 is 0 Å². The number of hydrogen-bond acceptors (Lipinski definition) is 5. The van der Waals surface area contributed by atoms with Gasteiger partial charge in [-0.1, -0.05) is 57.5 Å². The fraction of sp³-hybridized carbons (Fsp3) is 0.379. The van der Waals surface area contributed by atoms with E-state index in [1.54, 1.807) is 6.20 Å². The molecule has 6 heteroatoms. The molecule has 0 radical (unpaired) electrons. The largest absolute Gasteiger partial charge is 0.305 e. The van der Waals surface area contributed by atoms with E-state index in [4.69, 9.17) is 9.97 Å². The van der Waals surface area contributed by atoms with E-state index in [0.29, 0.717) is 18.2 Å². The van der Waals surface area contributed by atoms with Crippen LogP contribution in [0.3, 0.4) is 0 Å². The number of fused-ring (bicyclic) bond motifs is 1. The van der Waals surface area contributed by atoms with Crippen molar-refractivity contribution in [3.05, 3.63) is 71.8 Å². The predicted molar refractivity (Wildman–Crippen MR) is 143 cm³/mol. The standard InChI is InChI=1S/C27H31N5O.C2H6/c1-18(2)14-22(33)16-24-28-12-10-23(29-24)27-26(21-8-6-19(3)7-9-21)30-25-15-20(17-31(4)5)11-13-32(25)27;1-2/h6-13,15,18H,14,16-17H2,1-5H3;1-2H3. The van der Waals surface area contributed by atoms with Crippen molar-refractivity contribution in [3.63, 3.8) is 0 Å². The van der Waals surface area contributed by atoms with Crippen LogP contribution >= 0.6 is 0 Å². The summed E-state index contributed by atoms with van der Waals surface area (Å²) in [5, 5.41) is 0. The van der Waals surface area contributed by atoms with Gasteiger partial charge in [0.1, 0.15) is 17.3 Å². The maximum atomic E-state index is 12.4. The van der Waals surface area contributed by atoms with Crippen LogP contribution in [-0.4, -0.2) is 44.1 Å². The predicted octanol–water partition coefficient (Wildman–Crippen LogP) is 6.01. The molecule has 0 saturated carbocycles. The Morgan fingerprint density at radius 3 is 2.40 bits per heavy atom. The van der Waals surface area contributed by atoms with E-state index in [0.717, 1.165) is 34.8 Å². The zero-order valence-electron chi connectivity index (χ0n) is 22.0. The fourth-order valence-electron chi connectivity index (χ4n) is 4.03. The molecule has 0 bridgehead atoms. The SMILES string of the molecule is CC.Cc1ccc(-c2nc3cc(CN(C)C)ccn3c2-c2ccnc(CC(=O)CC(C)C)n2)cc1. The van der Waals surface area contributed by atoms with Crippen LogP contribution in [-0.2, 0) is 17.8 Å². The molecule has 0 atom stereocenters. The third kappa shape index (κ3) is 6.61. The average molecular weight is 472 g/mol. The summed E-state index contributed by atoms with van der Waals surface area (Å²) in [7, 11) is 4.11. The quantitative estimate of drug-likeness (QED) is 0.315. The Labute approximate surface area is 209 Å². The Hall–Kier alpha value is -3.38. The number of nitrogens with zero attached hydrogens (tertiary/aromatic N) is 5. The number of aromatic nitrogens is 4. The minimum Gasteiger partial charge on any atom is -0.305 e. The molecule has 0 saturated heterocycles. The van der Waals surface area contributed by atoms with E-state index in [9.17, 15) is 4.79 Å². The molecule has 0 unspecified atom stereocenters. The van der Waals surface area contributed by atoms with Crippen molar-refractivity contribution in [1.82, 2.24) is 24.3 Å². The van der Waals surface area contributed by atoms with Gasteiger partial charge >= 0.3 is 0 Å². The highest BCUT2D eigenvalue weighted by Gasteiger charge is 2.19. The van der Waals surface area contributed by atoms with E-state index in [1.165, 1.54) is 11.1 Å². The van der Waals surface area contributed by atoms with Crippen LogP contribution in [0.2, 0.25) is 0 Å². The summed E-state index contributed by atoms with van der Waals surface area (Å²) in [4.78, 5) is 28.7. The normalized spacial score (nSPS) is 11.1. The van der Waals surface area contributed by atoms with Crippen LogP contribution in [0, 0.1) is 12.8 Å². The van der Waals surface area contributed by atoms with E-state index in [2.05, 4.69) is 77.9 Å². The first-order chi connectivity index (χ1) is 16.8. The highest BCUT2D eigenvalue weighted by Crippen LogP contribution is 2.32. The van der Waals surface area contributed by atoms with Gasteiger partial charge in [-0.25, -0.2) is 15.0 Å². The van der Waals surface area contributed by atoms with Crippen LogP contribution < -0.4 is 0 Å². The van der Waals surface area contributed by atoms with E-state index >= 15 is 0 Å².